The van der Waals surface area contributed by atoms with Crippen molar-refractivity contribution in [1.29, 1.82) is 0 Å². The van der Waals surface area contributed by atoms with Gasteiger partial charge < -0.3 is 5.11 Å². The number of hydrogen-bond donors (Lipinski definition) is 1. The van der Waals surface area contributed by atoms with E-state index in [4.69, 9.17) is 15.7 Å². The second-order valence-corrected chi connectivity index (χ2v) is 2.90. The van der Waals surface area contributed by atoms with Crippen molar-refractivity contribution in [1.82, 2.24) is 0 Å². The Bertz CT molecular complexity index is 350. The lowest BCUT2D eigenvalue weighted by Gasteiger charge is -2.12. The Morgan fingerprint density at radius 3 is 2.62 bits per heavy atom. The third-order valence-corrected chi connectivity index (χ3v) is 1.97. The Morgan fingerprint density at radius 1 is 1.46 bits per heavy atom. The zero-order valence-electron chi connectivity index (χ0n) is 7.54. The average molecular weight is 169 g/mol. The predicted molar refractivity (Wildman–Crippen MR) is 56.9 cm³/mol. The molecule has 4 radical (unpaired) electrons. The zero-order chi connectivity index (χ0) is 10.0. The molecule has 62 valence electrons. The zero-order valence-corrected chi connectivity index (χ0v) is 7.54. The Hall–Kier alpha value is -1.18. The Labute approximate surface area is 80.5 Å². The monoisotopic (exact) mass is 169 g/mol. The summed E-state index contributed by atoms with van der Waals surface area (Å²) in [5, 5.41) is 9.50. The highest BCUT2D eigenvalue weighted by Crippen LogP contribution is 2.15. The van der Waals surface area contributed by atoms with Gasteiger partial charge in [0, 0.05) is 5.56 Å². The fourth-order valence-electron chi connectivity index (χ4n) is 1.16. The molecular weight excluding hydrogens is 160 g/mol. The molecule has 0 amide bonds. The Balaban J connectivity index is 3.34. The number of aryl methyl sites for hydroxylation is 1. The minimum absolute atomic E-state index is 0.122. The fourth-order valence-corrected chi connectivity index (χ4v) is 1.16. The number of rotatable bonds is 2. The molecule has 4 heteroatoms. The van der Waals surface area contributed by atoms with Gasteiger partial charge in [-0.2, -0.15) is 0 Å². The molecule has 1 N–H and O–H groups in total. The highest BCUT2D eigenvalue weighted by Gasteiger charge is 2.07. The highest BCUT2D eigenvalue weighted by molar-refractivity contribution is 6.50. The van der Waals surface area contributed by atoms with Crippen LogP contribution in [0.1, 0.15) is 11.1 Å². The lowest BCUT2D eigenvalue weighted by molar-refractivity contribution is 0.469. The summed E-state index contributed by atoms with van der Waals surface area (Å²) in [5.41, 5.74) is 2.20. The maximum atomic E-state index is 9.50. The summed E-state index contributed by atoms with van der Waals surface area (Å²) in [4.78, 5) is 3.65. The molecule has 0 heterocycles. The molecule has 1 aromatic rings. The van der Waals surface area contributed by atoms with Crippen molar-refractivity contribution in [2.24, 2.45) is 4.99 Å². The normalized spacial score (nSPS) is 9.92. The van der Waals surface area contributed by atoms with E-state index in [2.05, 4.69) is 11.7 Å². The molecule has 0 aliphatic rings. The van der Waals surface area contributed by atoms with Crippen LogP contribution >= 0.6 is 0 Å². The summed E-state index contributed by atoms with van der Waals surface area (Å²) in [6, 6.07) is 1.58. The van der Waals surface area contributed by atoms with Crippen molar-refractivity contribution in [2.45, 2.75) is 13.5 Å². The van der Waals surface area contributed by atoms with Crippen LogP contribution in [0.2, 0.25) is 0 Å². The summed E-state index contributed by atoms with van der Waals surface area (Å²) in [7, 11) is 11.4. The molecule has 0 aliphatic carbocycles. The van der Waals surface area contributed by atoms with E-state index in [1.807, 2.05) is 0 Å². The maximum absolute atomic E-state index is 9.50. The van der Waals surface area contributed by atoms with Crippen LogP contribution in [0.25, 0.3) is 0 Å². The van der Waals surface area contributed by atoms with Crippen LogP contribution in [-0.2, 0) is 6.54 Å². The van der Waals surface area contributed by atoms with Crippen molar-refractivity contribution < 1.29 is 5.11 Å². The highest BCUT2D eigenvalue weighted by atomic mass is 16.3. The van der Waals surface area contributed by atoms with Crippen molar-refractivity contribution in [2.75, 3.05) is 0 Å². The number of nitrogens with zero attached hydrogens (tertiary/aromatic N) is 1. The molecule has 0 aromatic heterocycles. The Kier molecular flexibility index (Phi) is 2.81. The van der Waals surface area contributed by atoms with Gasteiger partial charge in [-0.15, -0.1) is 5.46 Å². The molecule has 0 spiro atoms. The largest absolute Gasteiger partial charge is 0.508 e. The number of phenols is 1. The minimum atomic E-state index is 0.122. The van der Waals surface area contributed by atoms with Gasteiger partial charge in [0.25, 0.3) is 0 Å². The van der Waals surface area contributed by atoms with Gasteiger partial charge in [-0.3, -0.25) is 4.99 Å². The summed E-state index contributed by atoms with van der Waals surface area (Å²) in [6.07, 6.45) is 0. The number of aromatic hydroxyl groups is 1. The van der Waals surface area contributed by atoms with Crippen LogP contribution < -0.4 is 10.9 Å². The first-order valence-electron chi connectivity index (χ1n) is 3.86. The van der Waals surface area contributed by atoms with E-state index in [-0.39, 0.29) is 12.3 Å². The number of benzene rings is 1. The fraction of sp³-hybridized carbons (Fsp3) is 0.222. The molecule has 1 rings (SSSR count). The molecule has 0 bridgehead atoms. The molecule has 13 heavy (non-hydrogen) atoms. The first-order chi connectivity index (χ1) is 6.07. The maximum Gasteiger partial charge on any atom is 0.120 e. The van der Waals surface area contributed by atoms with Crippen LogP contribution in [0.15, 0.2) is 11.1 Å². The van der Waals surface area contributed by atoms with E-state index in [1.165, 1.54) is 0 Å². The molecule has 0 aliphatic heterocycles. The van der Waals surface area contributed by atoms with Gasteiger partial charge >= 0.3 is 0 Å². The van der Waals surface area contributed by atoms with Crippen LogP contribution in [-0.4, -0.2) is 27.5 Å². The van der Waals surface area contributed by atoms with E-state index < -0.39 is 0 Å². The number of aliphatic imine (C=N–C) groups is 1. The van der Waals surface area contributed by atoms with Gasteiger partial charge in [0.1, 0.15) is 21.4 Å². The SMILES string of the molecule is [B]c1c(C)cc(O)c(CN=C)c1[B]. The van der Waals surface area contributed by atoms with Crippen molar-refractivity contribution in [3.63, 3.8) is 0 Å². The summed E-state index contributed by atoms with van der Waals surface area (Å²) in [5.74, 6) is 0.122. The van der Waals surface area contributed by atoms with Crippen LogP contribution in [0.3, 0.4) is 0 Å². The van der Waals surface area contributed by atoms with Crippen LogP contribution in [0, 0.1) is 6.92 Å². The van der Waals surface area contributed by atoms with Gasteiger partial charge in [-0.1, -0.05) is 11.0 Å². The summed E-state index contributed by atoms with van der Waals surface area (Å²) < 4.78 is 0. The van der Waals surface area contributed by atoms with E-state index in [0.717, 1.165) is 5.56 Å². The van der Waals surface area contributed by atoms with Gasteiger partial charge in [0.2, 0.25) is 0 Å². The minimum Gasteiger partial charge on any atom is -0.508 e. The van der Waals surface area contributed by atoms with Crippen LogP contribution in [0.5, 0.6) is 5.75 Å². The van der Waals surface area contributed by atoms with Crippen molar-refractivity contribution in [3.05, 3.63) is 17.2 Å². The van der Waals surface area contributed by atoms with Crippen molar-refractivity contribution in [3.8, 4) is 5.75 Å². The molecular formula is C9H9B2NO. The third kappa shape index (κ3) is 1.77. The second kappa shape index (κ2) is 3.69. The molecule has 0 atom stereocenters. The van der Waals surface area contributed by atoms with Gasteiger partial charge in [0.15, 0.2) is 0 Å². The average Bonchev–Trinajstić information content (AvgIpc) is 2.09. The lowest BCUT2D eigenvalue weighted by atomic mass is 9.75. The lowest BCUT2D eigenvalue weighted by Crippen LogP contribution is -2.31. The topological polar surface area (TPSA) is 32.6 Å². The van der Waals surface area contributed by atoms with E-state index in [0.29, 0.717) is 16.5 Å². The van der Waals surface area contributed by atoms with Crippen molar-refractivity contribution >= 4 is 33.3 Å². The summed E-state index contributed by atoms with van der Waals surface area (Å²) >= 11 is 0. The molecule has 0 saturated carbocycles. The molecule has 2 nitrogen and oxygen atoms in total. The predicted octanol–water partition coefficient (Wildman–Crippen LogP) is -0.511. The molecule has 0 saturated heterocycles. The standard InChI is InChI=1S/C9H9B2NO/c1-5-3-7(13)6(4-12-2)9(11)8(5)10/h3,13H,2,4H2,1H3. The quantitative estimate of drug-likeness (QED) is 0.469. The van der Waals surface area contributed by atoms with Crippen LogP contribution in [0.4, 0.5) is 0 Å². The first-order valence-corrected chi connectivity index (χ1v) is 3.86. The van der Waals surface area contributed by atoms with Gasteiger partial charge in [0.05, 0.1) is 6.54 Å². The summed E-state index contributed by atoms with van der Waals surface area (Å²) in [6.45, 7) is 5.40. The van der Waals surface area contributed by atoms with E-state index >= 15 is 0 Å². The second-order valence-electron chi connectivity index (χ2n) is 2.90. The van der Waals surface area contributed by atoms with E-state index in [9.17, 15) is 5.11 Å². The third-order valence-electron chi connectivity index (χ3n) is 1.97. The van der Waals surface area contributed by atoms with Gasteiger partial charge in [-0.25, -0.2) is 0 Å². The first kappa shape index (κ1) is 9.90. The smallest absolute Gasteiger partial charge is 0.120 e. The molecule has 0 fully saturated rings. The number of phenolic OH excluding ortho intramolecular Hbond substituents is 1. The molecule has 0 unspecified atom stereocenters. The van der Waals surface area contributed by atoms with Gasteiger partial charge in [-0.05, 0) is 19.7 Å². The molecule has 1 aromatic carbocycles. The van der Waals surface area contributed by atoms with E-state index in [1.54, 1.807) is 13.0 Å². The Morgan fingerprint density at radius 2 is 2.08 bits per heavy atom. The number of hydrogen-bond acceptors (Lipinski definition) is 2.